The third kappa shape index (κ3) is 10.7. The average molecular weight is 613 g/mol. The van der Waals surface area contributed by atoms with Gasteiger partial charge < -0.3 is 14.6 Å². The van der Waals surface area contributed by atoms with Crippen molar-refractivity contribution in [1.82, 2.24) is 0 Å². The molecule has 0 aliphatic carbocycles. The molecule has 0 aliphatic rings. The summed E-state index contributed by atoms with van der Waals surface area (Å²) < 4.78 is 51.1. The number of carboxylic acid groups (broad SMARTS) is 1. The molecule has 0 aliphatic heterocycles. The maximum absolute atomic E-state index is 13.4. The molecule has 0 spiro atoms. The number of halogens is 3. The predicted molar refractivity (Wildman–Crippen MR) is 167 cm³/mol. The van der Waals surface area contributed by atoms with Crippen molar-refractivity contribution in [2.45, 2.75) is 96.8 Å². The van der Waals surface area contributed by atoms with Gasteiger partial charge in [-0.15, -0.1) is 0 Å². The van der Waals surface area contributed by atoms with Crippen molar-refractivity contribution in [3.63, 3.8) is 0 Å². The number of carbonyl (C=O) groups excluding carboxylic acids is 1. The van der Waals surface area contributed by atoms with Crippen molar-refractivity contribution in [1.29, 1.82) is 0 Å². The molecule has 238 valence electrons. The first-order valence-corrected chi connectivity index (χ1v) is 15.6. The molecule has 0 amide bonds. The molecular weight excluding hydrogens is 569 g/mol. The largest absolute Gasteiger partial charge is 0.494 e. The number of hydrogen-bond donors (Lipinski definition) is 1. The molecule has 8 heteroatoms. The van der Waals surface area contributed by atoms with Crippen LogP contribution in [0.3, 0.4) is 0 Å². The van der Waals surface area contributed by atoms with E-state index in [1.165, 1.54) is 37.8 Å². The molecule has 1 N–H and O–H groups in total. The standard InChI is InChI=1S/C36H43F3O5/c1-3-5-7-9-10-12-24-43-30-22-23-31(34(40)41)32(25-30)28-18-14-26(15-19-28)27-16-20-29(21-17-27)35(42)44-33(36(37,38)39)13-11-8-6-4-2/h14-23,25,33H,3-13,24H2,1-2H3,(H,40,41). The summed E-state index contributed by atoms with van der Waals surface area (Å²) in [6.07, 6.45) is 2.60. The molecule has 5 nitrogen and oxygen atoms in total. The van der Waals surface area contributed by atoms with Gasteiger partial charge in [0.15, 0.2) is 6.10 Å². The zero-order valence-corrected chi connectivity index (χ0v) is 25.6. The van der Waals surface area contributed by atoms with Gasteiger partial charge in [-0.05, 0) is 71.8 Å². The quantitative estimate of drug-likeness (QED) is 0.114. The fourth-order valence-corrected chi connectivity index (χ4v) is 5.00. The fraction of sp³-hybridized carbons (Fsp3) is 0.444. The Balaban J connectivity index is 1.67. The van der Waals surface area contributed by atoms with Crippen molar-refractivity contribution in [2.24, 2.45) is 0 Å². The predicted octanol–water partition coefficient (Wildman–Crippen LogP) is 10.5. The van der Waals surface area contributed by atoms with E-state index in [2.05, 4.69) is 6.92 Å². The van der Waals surface area contributed by atoms with Gasteiger partial charge in [0.05, 0.1) is 17.7 Å². The molecule has 1 unspecified atom stereocenters. The third-order valence-electron chi connectivity index (χ3n) is 7.57. The average Bonchev–Trinajstić information content (AvgIpc) is 3.01. The summed E-state index contributed by atoms with van der Waals surface area (Å²) in [5, 5.41) is 9.76. The number of carboxylic acids is 1. The first-order chi connectivity index (χ1) is 21.1. The van der Waals surface area contributed by atoms with E-state index in [1.54, 1.807) is 30.3 Å². The van der Waals surface area contributed by atoms with E-state index in [4.69, 9.17) is 9.47 Å². The van der Waals surface area contributed by atoms with Crippen molar-refractivity contribution >= 4 is 11.9 Å². The fourth-order valence-electron chi connectivity index (χ4n) is 5.00. The summed E-state index contributed by atoms with van der Waals surface area (Å²) >= 11 is 0. The Bertz CT molecular complexity index is 1320. The van der Waals surface area contributed by atoms with Crippen molar-refractivity contribution in [2.75, 3.05) is 6.61 Å². The van der Waals surface area contributed by atoms with Crippen LogP contribution in [0.4, 0.5) is 13.2 Å². The van der Waals surface area contributed by atoms with Gasteiger partial charge in [0, 0.05) is 0 Å². The zero-order chi connectivity index (χ0) is 32.0. The van der Waals surface area contributed by atoms with Crippen LogP contribution < -0.4 is 4.74 Å². The lowest BCUT2D eigenvalue weighted by molar-refractivity contribution is -0.206. The van der Waals surface area contributed by atoms with E-state index >= 15 is 0 Å². The smallest absolute Gasteiger partial charge is 0.425 e. The first kappa shape index (κ1) is 34.7. The van der Waals surface area contributed by atoms with Crippen LogP contribution >= 0.6 is 0 Å². The summed E-state index contributed by atoms with van der Waals surface area (Å²) in [7, 11) is 0. The third-order valence-corrected chi connectivity index (χ3v) is 7.57. The monoisotopic (exact) mass is 612 g/mol. The van der Waals surface area contributed by atoms with Gasteiger partial charge in [-0.25, -0.2) is 9.59 Å². The molecule has 3 rings (SSSR count). The van der Waals surface area contributed by atoms with E-state index in [1.807, 2.05) is 31.2 Å². The number of esters is 1. The van der Waals surface area contributed by atoms with E-state index < -0.39 is 24.2 Å². The summed E-state index contributed by atoms with van der Waals surface area (Å²) in [5.41, 5.74) is 2.98. The summed E-state index contributed by atoms with van der Waals surface area (Å²) in [5.74, 6) is -1.44. The zero-order valence-electron chi connectivity index (χ0n) is 25.6. The molecule has 0 aromatic heterocycles. The summed E-state index contributed by atoms with van der Waals surface area (Å²) in [6, 6.07) is 18.4. The van der Waals surface area contributed by atoms with Gasteiger partial charge in [0.1, 0.15) is 5.75 Å². The van der Waals surface area contributed by atoms with E-state index in [-0.39, 0.29) is 17.5 Å². The molecular formula is C36H43F3O5. The van der Waals surface area contributed by atoms with Crippen molar-refractivity contribution in [3.05, 3.63) is 77.9 Å². The molecule has 1 atom stereocenters. The second kappa shape index (κ2) is 17.5. The Morgan fingerprint density at radius 2 is 1.27 bits per heavy atom. The van der Waals surface area contributed by atoms with Crippen LogP contribution in [0.1, 0.15) is 105 Å². The highest BCUT2D eigenvalue weighted by Crippen LogP contribution is 2.32. The van der Waals surface area contributed by atoms with Gasteiger partial charge in [-0.2, -0.15) is 13.2 Å². The highest BCUT2D eigenvalue weighted by atomic mass is 19.4. The van der Waals surface area contributed by atoms with E-state index in [9.17, 15) is 27.9 Å². The normalized spacial score (nSPS) is 12.1. The van der Waals surface area contributed by atoms with Crippen molar-refractivity contribution in [3.8, 4) is 28.0 Å². The molecule has 3 aromatic carbocycles. The highest BCUT2D eigenvalue weighted by molar-refractivity contribution is 5.96. The number of hydrogen-bond acceptors (Lipinski definition) is 4. The molecule has 0 radical (unpaired) electrons. The molecule has 3 aromatic rings. The summed E-state index contributed by atoms with van der Waals surface area (Å²) in [4.78, 5) is 24.4. The second-order valence-electron chi connectivity index (χ2n) is 11.1. The van der Waals surface area contributed by atoms with E-state index in [0.717, 1.165) is 36.8 Å². The maximum Gasteiger partial charge on any atom is 0.425 e. The Kier molecular flexibility index (Phi) is 13.8. The van der Waals surface area contributed by atoms with E-state index in [0.29, 0.717) is 36.3 Å². The van der Waals surface area contributed by atoms with Gasteiger partial charge in [-0.1, -0.05) is 102 Å². The van der Waals surface area contributed by atoms with Crippen LogP contribution in [0.5, 0.6) is 5.75 Å². The SMILES string of the molecule is CCCCCCCCOc1ccc(C(=O)O)c(-c2ccc(-c3ccc(C(=O)OC(CCCCCC)C(F)(F)F)cc3)cc2)c1. The van der Waals surface area contributed by atoms with Crippen LogP contribution in [0, 0.1) is 0 Å². The maximum atomic E-state index is 13.4. The Morgan fingerprint density at radius 3 is 1.86 bits per heavy atom. The topological polar surface area (TPSA) is 72.8 Å². The molecule has 0 bridgehead atoms. The van der Waals surface area contributed by atoms with Gasteiger partial charge >= 0.3 is 18.1 Å². The highest BCUT2D eigenvalue weighted by Gasteiger charge is 2.42. The van der Waals surface area contributed by atoms with Crippen LogP contribution in [0.25, 0.3) is 22.3 Å². The number of carbonyl (C=O) groups is 2. The minimum Gasteiger partial charge on any atom is -0.494 e. The molecule has 44 heavy (non-hydrogen) atoms. The Morgan fingerprint density at radius 1 is 0.727 bits per heavy atom. The number of alkyl halides is 3. The summed E-state index contributed by atoms with van der Waals surface area (Å²) in [6.45, 7) is 4.72. The van der Waals surface area contributed by atoms with Crippen LogP contribution in [-0.4, -0.2) is 35.9 Å². The second-order valence-corrected chi connectivity index (χ2v) is 11.1. The lowest BCUT2D eigenvalue weighted by atomic mass is 9.96. The van der Waals surface area contributed by atoms with Crippen LogP contribution in [-0.2, 0) is 4.74 Å². The number of ether oxygens (including phenoxy) is 2. The lowest BCUT2D eigenvalue weighted by Crippen LogP contribution is -2.33. The van der Waals surface area contributed by atoms with Gasteiger partial charge in [0.25, 0.3) is 0 Å². The molecule has 0 saturated heterocycles. The molecule has 0 fully saturated rings. The van der Waals surface area contributed by atoms with Crippen LogP contribution in [0.15, 0.2) is 66.7 Å². The number of aromatic carboxylic acids is 1. The van der Waals surface area contributed by atoms with Gasteiger partial charge in [-0.3, -0.25) is 0 Å². The van der Waals surface area contributed by atoms with Crippen molar-refractivity contribution < 1.29 is 37.3 Å². The van der Waals surface area contributed by atoms with Crippen LogP contribution in [0.2, 0.25) is 0 Å². The first-order valence-electron chi connectivity index (χ1n) is 15.6. The lowest BCUT2D eigenvalue weighted by Gasteiger charge is -2.20. The Labute approximate surface area is 258 Å². The number of unbranched alkanes of at least 4 members (excludes halogenated alkanes) is 8. The minimum atomic E-state index is -4.62. The number of benzene rings is 3. The Hall–Kier alpha value is -3.81. The molecule has 0 heterocycles. The number of rotatable bonds is 18. The van der Waals surface area contributed by atoms with Gasteiger partial charge in [0.2, 0.25) is 0 Å². The minimum absolute atomic E-state index is 0.0389. The molecule has 0 saturated carbocycles.